The Hall–Kier alpha value is -3.27. The fourth-order valence-corrected chi connectivity index (χ4v) is 3.80. The molecule has 29 heavy (non-hydrogen) atoms. The van der Waals surface area contributed by atoms with Crippen LogP contribution in [0.2, 0.25) is 0 Å². The van der Waals surface area contributed by atoms with E-state index in [1.165, 1.54) is 0 Å². The van der Waals surface area contributed by atoms with Crippen molar-refractivity contribution in [1.29, 1.82) is 0 Å². The van der Waals surface area contributed by atoms with E-state index in [9.17, 15) is 4.79 Å². The summed E-state index contributed by atoms with van der Waals surface area (Å²) in [6, 6.07) is 26.7. The fraction of sp³-hybridized carbons (Fsp3) is 0.240. The third-order valence-corrected chi connectivity index (χ3v) is 5.38. The summed E-state index contributed by atoms with van der Waals surface area (Å²) >= 11 is 0. The van der Waals surface area contributed by atoms with Crippen LogP contribution in [0, 0.1) is 0 Å². The highest BCUT2D eigenvalue weighted by Crippen LogP contribution is 2.37. The predicted octanol–water partition coefficient (Wildman–Crippen LogP) is 5.57. The van der Waals surface area contributed by atoms with Crippen molar-refractivity contribution in [3.05, 3.63) is 78.9 Å². The molecular weight excluding hydrogens is 360 g/mol. The third-order valence-electron chi connectivity index (χ3n) is 5.38. The number of nitrogens with zero attached hydrogens (tertiary/aromatic N) is 1. The second-order valence-corrected chi connectivity index (χ2v) is 7.38. The highest BCUT2D eigenvalue weighted by molar-refractivity contribution is 5.82. The first-order chi connectivity index (χ1) is 14.2. The van der Waals surface area contributed by atoms with Crippen LogP contribution in [0.15, 0.2) is 78.9 Å². The number of para-hydroxylation sites is 3. The summed E-state index contributed by atoms with van der Waals surface area (Å²) in [6.45, 7) is 3.26. The van der Waals surface area contributed by atoms with Gasteiger partial charge >= 0.3 is 0 Å². The number of likely N-dealkylation sites (tertiary alicyclic amines) is 1. The van der Waals surface area contributed by atoms with Gasteiger partial charge in [-0.2, -0.15) is 0 Å². The zero-order chi connectivity index (χ0) is 20.1. The van der Waals surface area contributed by atoms with E-state index in [0.717, 1.165) is 54.2 Å². The van der Waals surface area contributed by atoms with Crippen LogP contribution in [0.25, 0.3) is 11.1 Å². The Kier molecular flexibility index (Phi) is 5.80. The van der Waals surface area contributed by atoms with Gasteiger partial charge in [-0.3, -0.25) is 4.79 Å². The van der Waals surface area contributed by atoms with Gasteiger partial charge in [0.2, 0.25) is 5.91 Å². The van der Waals surface area contributed by atoms with Crippen molar-refractivity contribution >= 4 is 11.6 Å². The van der Waals surface area contributed by atoms with Gasteiger partial charge in [0.15, 0.2) is 0 Å². The standard InChI is InChI=1S/C25H26N2O2/c1-19(28)27-17-15-20(16-18-27)26-24-13-7-5-11-22(24)23-12-6-8-14-25(23)29-21-9-3-2-4-10-21/h2-14,20,26H,15-18H2,1H3. The molecule has 1 saturated heterocycles. The molecule has 3 aromatic rings. The van der Waals surface area contributed by atoms with E-state index in [4.69, 9.17) is 4.74 Å². The molecule has 0 aromatic heterocycles. The van der Waals surface area contributed by atoms with Crippen LogP contribution >= 0.6 is 0 Å². The van der Waals surface area contributed by atoms with Gasteiger partial charge < -0.3 is 15.0 Å². The maximum atomic E-state index is 11.6. The van der Waals surface area contributed by atoms with Gasteiger partial charge in [-0.25, -0.2) is 0 Å². The number of rotatable bonds is 5. The molecule has 1 fully saturated rings. The molecule has 1 N–H and O–H groups in total. The van der Waals surface area contributed by atoms with E-state index in [1.807, 2.05) is 53.4 Å². The lowest BCUT2D eigenvalue weighted by Gasteiger charge is -2.32. The van der Waals surface area contributed by atoms with Gasteiger partial charge in [0, 0.05) is 42.9 Å². The molecule has 3 aromatic carbocycles. The van der Waals surface area contributed by atoms with E-state index in [0.29, 0.717) is 6.04 Å². The van der Waals surface area contributed by atoms with Gasteiger partial charge in [-0.1, -0.05) is 54.6 Å². The van der Waals surface area contributed by atoms with Crippen LogP contribution < -0.4 is 10.1 Å². The molecule has 1 amide bonds. The first-order valence-electron chi connectivity index (χ1n) is 10.1. The lowest BCUT2D eigenvalue weighted by Crippen LogP contribution is -2.41. The molecule has 0 spiro atoms. The maximum Gasteiger partial charge on any atom is 0.219 e. The summed E-state index contributed by atoms with van der Waals surface area (Å²) in [5, 5.41) is 3.70. The summed E-state index contributed by atoms with van der Waals surface area (Å²) in [6.07, 6.45) is 1.91. The molecule has 148 valence electrons. The Morgan fingerprint density at radius 3 is 2.21 bits per heavy atom. The molecule has 0 radical (unpaired) electrons. The molecule has 4 rings (SSSR count). The molecule has 0 unspecified atom stereocenters. The van der Waals surface area contributed by atoms with E-state index in [2.05, 4.69) is 35.6 Å². The highest BCUT2D eigenvalue weighted by Gasteiger charge is 2.21. The number of hydrogen-bond donors (Lipinski definition) is 1. The van der Waals surface area contributed by atoms with Gasteiger partial charge in [-0.15, -0.1) is 0 Å². The van der Waals surface area contributed by atoms with E-state index in [-0.39, 0.29) is 5.91 Å². The first kappa shape index (κ1) is 19.1. The predicted molar refractivity (Wildman–Crippen MR) is 117 cm³/mol. The number of amides is 1. The Balaban J connectivity index is 1.57. The number of benzene rings is 3. The van der Waals surface area contributed by atoms with Gasteiger partial charge in [0.25, 0.3) is 0 Å². The summed E-state index contributed by atoms with van der Waals surface area (Å²) < 4.78 is 6.18. The molecule has 1 aliphatic rings. The van der Waals surface area contributed by atoms with Crippen LogP contribution in [-0.4, -0.2) is 29.9 Å². The van der Waals surface area contributed by atoms with Crippen LogP contribution in [0.1, 0.15) is 19.8 Å². The number of carbonyl (C=O) groups excluding carboxylic acids is 1. The van der Waals surface area contributed by atoms with E-state index in [1.54, 1.807) is 6.92 Å². The average molecular weight is 386 g/mol. The van der Waals surface area contributed by atoms with Crippen molar-refractivity contribution in [3.8, 4) is 22.6 Å². The number of carbonyl (C=O) groups is 1. The van der Waals surface area contributed by atoms with Crippen LogP contribution in [-0.2, 0) is 4.79 Å². The molecule has 0 atom stereocenters. The number of piperidine rings is 1. The van der Waals surface area contributed by atoms with Gasteiger partial charge in [0.05, 0.1) is 0 Å². The molecule has 4 nitrogen and oxygen atoms in total. The maximum absolute atomic E-state index is 11.6. The van der Waals surface area contributed by atoms with Crippen molar-refractivity contribution in [2.24, 2.45) is 0 Å². The van der Waals surface area contributed by atoms with E-state index >= 15 is 0 Å². The smallest absolute Gasteiger partial charge is 0.219 e. The third kappa shape index (κ3) is 4.60. The van der Waals surface area contributed by atoms with Crippen molar-refractivity contribution in [1.82, 2.24) is 4.90 Å². The zero-order valence-corrected chi connectivity index (χ0v) is 16.7. The minimum Gasteiger partial charge on any atom is -0.457 e. The molecule has 4 heteroatoms. The Morgan fingerprint density at radius 1 is 0.862 bits per heavy atom. The lowest BCUT2D eigenvalue weighted by atomic mass is 10.00. The van der Waals surface area contributed by atoms with Crippen molar-refractivity contribution in [2.45, 2.75) is 25.8 Å². The van der Waals surface area contributed by atoms with Gasteiger partial charge in [-0.05, 0) is 37.1 Å². The number of anilines is 1. The number of ether oxygens (including phenoxy) is 1. The topological polar surface area (TPSA) is 41.6 Å². The van der Waals surface area contributed by atoms with Crippen molar-refractivity contribution in [3.63, 3.8) is 0 Å². The summed E-state index contributed by atoms with van der Waals surface area (Å²) in [5.74, 6) is 1.82. The van der Waals surface area contributed by atoms with E-state index < -0.39 is 0 Å². The molecule has 1 aliphatic heterocycles. The molecular formula is C25H26N2O2. The Morgan fingerprint density at radius 2 is 1.48 bits per heavy atom. The number of hydrogen-bond acceptors (Lipinski definition) is 3. The summed E-state index contributed by atoms with van der Waals surface area (Å²) in [7, 11) is 0. The lowest BCUT2D eigenvalue weighted by molar-refractivity contribution is -0.129. The minimum absolute atomic E-state index is 0.163. The molecule has 0 aliphatic carbocycles. The zero-order valence-electron chi connectivity index (χ0n) is 16.7. The average Bonchev–Trinajstić information content (AvgIpc) is 2.76. The van der Waals surface area contributed by atoms with Gasteiger partial charge in [0.1, 0.15) is 11.5 Å². The second-order valence-electron chi connectivity index (χ2n) is 7.38. The summed E-state index contributed by atoms with van der Waals surface area (Å²) in [5.41, 5.74) is 3.27. The fourth-order valence-electron chi connectivity index (χ4n) is 3.80. The SMILES string of the molecule is CC(=O)N1CCC(Nc2ccccc2-c2ccccc2Oc2ccccc2)CC1. The normalized spacial score (nSPS) is 14.4. The molecule has 0 bridgehead atoms. The monoisotopic (exact) mass is 386 g/mol. The quantitative estimate of drug-likeness (QED) is 0.623. The highest BCUT2D eigenvalue weighted by atomic mass is 16.5. The van der Waals surface area contributed by atoms with Crippen LogP contribution in [0.5, 0.6) is 11.5 Å². The van der Waals surface area contributed by atoms with Crippen LogP contribution in [0.3, 0.4) is 0 Å². The first-order valence-corrected chi connectivity index (χ1v) is 10.1. The second kappa shape index (κ2) is 8.82. The van der Waals surface area contributed by atoms with Crippen molar-refractivity contribution in [2.75, 3.05) is 18.4 Å². The molecule has 0 saturated carbocycles. The summed E-state index contributed by atoms with van der Waals surface area (Å²) in [4.78, 5) is 13.5. The molecule has 1 heterocycles. The largest absolute Gasteiger partial charge is 0.457 e. The van der Waals surface area contributed by atoms with Crippen molar-refractivity contribution < 1.29 is 9.53 Å². The number of nitrogens with one attached hydrogen (secondary N) is 1. The minimum atomic E-state index is 0.163. The van der Waals surface area contributed by atoms with Crippen LogP contribution in [0.4, 0.5) is 5.69 Å². The Labute approximate surface area is 172 Å². The Bertz CT molecular complexity index is 963.